The molecule has 1 aromatic rings. The summed E-state index contributed by atoms with van der Waals surface area (Å²) in [5.74, 6) is 0. The minimum Gasteiger partial charge on any atom is -0.375 e. The van der Waals surface area contributed by atoms with Crippen molar-refractivity contribution >= 4 is 0 Å². The van der Waals surface area contributed by atoms with Crippen LogP contribution < -0.4 is 5.32 Å². The summed E-state index contributed by atoms with van der Waals surface area (Å²) in [5.41, 5.74) is 2.50. The molecular formula is C19H28N2O. The molecule has 0 spiro atoms. The van der Waals surface area contributed by atoms with E-state index < -0.39 is 0 Å². The Morgan fingerprint density at radius 1 is 1.36 bits per heavy atom. The molecule has 0 radical (unpaired) electrons. The molecule has 0 amide bonds. The van der Waals surface area contributed by atoms with Crippen molar-refractivity contribution in [2.24, 2.45) is 0 Å². The van der Waals surface area contributed by atoms with Gasteiger partial charge in [-0.2, -0.15) is 0 Å². The molecule has 22 heavy (non-hydrogen) atoms. The molecule has 1 N–H and O–H groups in total. The van der Waals surface area contributed by atoms with E-state index in [-0.39, 0.29) is 0 Å². The maximum absolute atomic E-state index is 5.79. The normalized spacial score (nSPS) is 22.1. The molecule has 0 unspecified atom stereocenters. The van der Waals surface area contributed by atoms with Crippen molar-refractivity contribution in [1.82, 2.24) is 10.2 Å². The van der Waals surface area contributed by atoms with E-state index in [9.17, 15) is 0 Å². The number of ether oxygens (including phenoxy) is 1. The van der Waals surface area contributed by atoms with Crippen LogP contribution in [0.2, 0.25) is 0 Å². The highest BCUT2D eigenvalue weighted by Gasteiger charge is 2.22. The highest BCUT2D eigenvalue weighted by atomic mass is 16.5. The van der Waals surface area contributed by atoms with Crippen molar-refractivity contribution in [3.8, 4) is 0 Å². The summed E-state index contributed by atoms with van der Waals surface area (Å²) < 4.78 is 5.79. The van der Waals surface area contributed by atoms with Crippen LogP contribution in [0.15, 0.2) is 55.3 Å². The zero-order chi connectivity index (χ0) is 15.8. The minimum absolute atomic E-state index is 0.322. The fourth-order valence-electron chi connectivity index (χ4n) is 2.79. The van der Waals surface area contributed by atoms with E-state index in [1.807, 2.05) is 24.4 Å². The molecule has 1 aliphatic rings. The second-order valence-corrected chi connectivity index (χ2v) is 5.98. The molecule has 3 nitrogen and oxygen atoms in total. The van der Waals surface area contributed by atoms with Gasteiger partial charge in [0.1, 0.15) is 0 Å². The van der Waals surface area contributed by atoms with Crippen molar-refractivity contribution < 1.29 is 4.74 Å². The highest BCUT2D eigenvalue weighted by molar-refractivity contribution is 5.13. The van der Waals surface area contributed by atoms with E-state index >= 15 is 0 Å². The first kappa shape index (κ1) is 16.8. The third kappa shape index (κ3) is 5.00. The maximum Gasteiger partial charge on any atom is 0.0717 e. The van der Waals surface area contributed by atoms with Crippen LogP contribution in [-0.4, -0.2) is 36.7 Å². The van der Waals surface area contributed by atoms with E-state index in [0.717, 1.165) is 25.9 Å². The monoisotopic (exact) mass is 300 g/mol. The van der Waals surface area contributed by atoms with Gasteiger partial charge in [-0.15, -0.1) is 0 Å². The number of nitrogens with one attached hydrogen (secondary N) is 1. The Hall–Kier alpha value is -1.58. The largest absolute Gasteiger partial charge is 0.375 e. The van der Waals surface area contributed by atoms with Crippen LogP contribution in [0.25, 0.3) is 0 Å². The molecule has 0 bridgehead atoms. The Balaban J connectivity index is 1.78. The van der Waals surface area contributed by atoms with E-state index in [2.05, 4.69) is 42.4 Å². The average molecular weight is 300 g/mol. The number of hydrogen-bond acceptors (Lipinski definition) is 3. The lowest BCUT2D eigenvalue weighted by Gasteiger charge is -2.31. The lowest BCUT2D eigenvalue weighted by atomic mass is 10.0. The molecule has 0 aromatic heterocycles. The van der Waals surface area contributed by atoms with Crippen LogP contribution >= 0.6 is 0 Å². The zero-order valence-corrected chi connectivity index (χ0v) is 13.6. The second kappa shape index (κ2) is 8.76. The van der Waals surface area contributed by atoms with Gasteiger partial charge in [-0.25, -0.2) is 0 Å². The Morgan fingerprint density at radius 3 is 2.86 bits per heavy atom. The van der Waals surface area contributed by atoms with Crippen LogP contribution in [0.5, 0.6) is 0 Å². The summed E-state index contributed by atoms with van der Waals surface area (Å²) in [4.78, 5) is 2.25. The molecule has 0 saturated carbocycles. The van der Waals surface area contributed by atoms with Crippen molar-refractivity contribution in [2.75, 3.05) is 19.7 Å². The predicted octanol–water partition coefficient (Wildman–Crippen LogP) is 3.35. The van der Waals surface area contributed by atoms with E-state index in [1.54, 1.807) is 0 Å². The van der Waals surface area contributed by atoms with Crippen molar-refractivity contribution in [2.45, 2.75) is 38.5 Å². The Labute approximate surface area is 134 Å². The van der Waals surface area contributed by atoms with Crippen LogP contribution in [0.1, 0.15) is 25.3 Å². The Bertz CT molecular complexity index is 472. The Morgan fingerprint density at radius 2 is 2.14 bits per heavy atom. The van der Waals surface area contributed by atoms with Gasteiger partial charge in [0.05, 0.1) is 19.3 Å². The topological polar surface area (TPSA) is 24.5 Å². The van der Waals surface area contributed by atoms with Gasteiger partial charge in [0.15, 0.2) is 0 Å². The lowest BCUT2D eigenvalue weighted by molar-refractivity contribution is 0.0980. The fraction of sp³-hybridized carbons (Fsp3) is 0.474. The first-order chi connectivity index (χ1) is 10.7. The first-order valence-corrected chi connectivity index (χ1v) is 8.11. The maximum atomic E-state index is 5.79. The molecule has 2 atom stereocenters. The number of rotatable bonds is 7. The summed E-state index contributed by atoms with van der Waals surface area (Å²) >= 11 is 0. The van der Waals surface area contributed by atoms with Gasteiger partial charge >= 0.3 is 0 Å². The van der Waals surface area contributed by atoms with Crippen molar-refractivity contribution in [1.29, 1.82) is 0 Å². The summed E-state index contributed by atoms with van der Waals surface area (Å²) in [7, 11) is 0. The molecule has 1 saturated heterocycles. The molecular weight excluding hydrogens is 272 g/mol. The predicted molar refractivity (Wildman–Crippen MR) is 92.6 cm³/mol. The third-order valence-corrected chi connectivity index (χ3v) is 4.27. The lowest BCUT2D eigenvalue weighted by Crippen LogP contribution is -2.42. The van der Waals surface area contributed by atoms with Gasteiger partial charge < -0.3 is 15.0 Å². The molecule has 1 fully saturated rings. The van der Waals surface area contributed by atoms with Crippen LogP contribution in [0.3, 0.4) is 0 Å². The first-order valence-electron chi connectivity index (χ1n) is 8.11. The zero-order valence-electron chi connectivity index (χ0n) is 13.6. The van der Waals surface area contributed by atoms with Crippen LogP contribution in [-0.2, 0) is 11.3 Å². The fourth-order valence-corrected chi connectivity index (χ4v) is 2.79. The summed E-state index contributed by atoms with van der Waals surface area (Å²) in [6, 6.07) is 11.2. The second-order valence-electron chi connectivity index (χ2n) is 5.98. The highest BCUT2D eigenvalue weighted by Crippen LogP contribution is 2.19. The van der Waals surface area contributed by atoms with E-state index in [0.29, 0.717) is 25.3 Å². The van der Waals surface area contributed by atoms with Crippen LogP contribution in [0, 0.1) is 0 Å². The van der Waals surface area contributed by atoms with Crippen molar-refractivity contribution in [3.05, 3.63) is 60.8 Å². The molecule has 2 rings (SSSR count). The molecule has 1 aliphatic heterocycles. The van der Waals surface area contributed by atoms with Gasteiger partial charge in [-0.3, -0.25) is 0 Å². The van der Waals surface area contributed by atoms with Gasteiger partial charge in [0.25, 0.3) is 0 Å². The van der Waals surface area contributed by atoms with Crippen LogP contribution in [0.4, 0.5) is 0 Å². The summed E-state index contributed by atoms with van der Waals surface area (Å²) in [6.07, 6.45) is 4.15. The van der Waals surface area contributed by atoms with E-state index in [4.69, 9.17) is 4.74 Å². The summed E-state index contributed by atoms with van der Waals surface area (Å²) in [6.45, 7) is 13.6. The number of hydrogen-bond donors (Lipinski definition) is 1. The van der Waals surface area contributed by atoms with Crippen molar-refractivity contribution in [3.63, 3.8) is 0 Å². The minimum atomic E-state index is 0.322. The van der Waals surface area contributed by atoms with E-state index in [1.165, 1.54) is 11.1 Å². The number of benzene rings is 1. The van der Waals surface area contributed by atoms with Gasteiger partial charge in [0.2, 0.25) is 0 Å². The average Bonchev–Trinajstić information content (AvgIpc) is 2.71. The molecule has 1 heterocycles. The molecule has 3 heteroatoms. The molecule has 1 aromatic carbocycles. The quantitative estimate of drug-likeness (QED) is 0.617. The molecule has 0 aliphatic carbocycles. The van der Waals surface area contributed by atoms with Gasteiger partial charge in [-0.1, -0.05) is 49.1 Å². The van der Waals surface area contributed by atoms with Gasteiger partial charge in [0, 0.05) is 19.1 Å². The third-order valence-electron chi connectivity index (χ3n) is 4.27. The number of nitrogens with zero attached hydrogens (tertiary/aromatic N) is 1. The molecule has 120 valence electrons. The Kier molecular flexibility index (Phi) is 6.69. The summed E-state index contributed by atoms with van der Waals surface area (Å²) in [5, 5.41) is 3.56. The van der Waals surface area contributed by atoms with Gasteiger partial charge in [-0.05, 0) is 31.5 Å². The smallest absolute Gasteiger partial charge is 0.0717 e. The SMILES string of the molecule is C=CN(CCOCc1ccccc1)[C@@H]1CN[C@@H](C)CCC1=C. The standard InChI is InChI=1S/C19H28N2O/c1-4-21(19-14-20-17(3)11-10-16(19)2)12-13-22-15-18-8-6-5-7-9-18/h4-9,17,19-20H,1-2,10-15H2,3H3/t17-,19+/m0/s1.